The number of aliphatic hydroxyl groups excluding tert-OH is 1. The Morgan fingerprint density at radius 3 is 2.32 bits per heavy atom. The Balaban J connectivity index is 1.58. The number of hydrazine groups is 1. The highest BCUT2D eigenvalue weighted by molar-refractivity contribution is 6.08. The molecule has 10 nitrogen and oxygen atoms in total. The van der Waals surface area contributed by atoms with Crippen molar-refractivity contribution in [2.45, 2.75) is 69.0 Å². The first-order valence-corrected chi connectivity index (χ1v) is 17.7. The predicted molar refractivity (Wildman–Crippen MR) is 196 cm³/mol. The Morgan fingerprint density at radius 1 is 1.00 bits per heavy atom. The van der Waals surface area contributed by atoms with E-state index < -0.39 is 69.3 Å². The average molecular weight is 811 g/mol. The van der Waals surface area contributed by atoms with Gasteiger partial charge in [-0.15, -0.1) is 6.58 Å². The largest absolute Gasteiger partial charge is 0.509 e. The van der Waals surface area contributed by atoms with Gasteiger partial charge in [-0.05, 0) is 49.6 Å². The van der Waals surface area contributed by atoms with Gasteiger partial charge in [-0.25, -0.2) is 24.4 Å². The number of nitrogens with one attached hydrogen (secondary N) is 2. The maximum Gasteiger partial charge on any atom is 0.433 e. The fraction of sp³-hybridized carbons (Fsp3) is 0.385. The van der Waals surface area contributed by atoms with Gasteiger partial charge in [0, 0.05) is 50.8 Å². The highest BCUT2D eigenvalue weighted by atomic mass is 19.4. The number of carbonyl (C=O) groups excluding carboxylic acids is 2. The summed E-state index contributed by atoms with van der Waals surface area (Å²) in [4.78, 5) is 31.5. The molecule has 4 rings (SSSR count). The number of aldehydes is 1. The Hall–Kier alpha value is -5.20. The van der Waals surface area contributed by atoms with E-state index >= 15 is 8.78 Å². The van der Waals surface area contributed by atoms with Crippen molar-refractivity contribution in [2.75, 3.05) is 32.6 Å². The van der Waals surface area contributed by atoms with E-state index in [0.717, 1.165) is 18.4 Å². The van der Waals surface area contributed by atoms with E-state index in [0.29, 0.717) is 43.8 Å². The number of ether oxygens (including phenoxy) is 1. The molecule has 18 heteroatoms. The van der Waals surface area contributed by atoms with Gasteiger partial charge in [-0.3, -0.25) is 4.79 Å². The molecule has 1 saturated carbocycles. The summed E-state index contributed by atoms with van der Waals surface area (Å²) in [6.07, 6.45) is -3.36. The SMILES string of the molecule is C=CCC(CC=O)NCCOc1ccc(CN(C)N(C)C2(/C(O)=C(\C=C)C(=O)Nc3ccc(C(F)(F)F)cc3-c3cc(C(F)(F)F)ncn3)CCCC2)c(F)c1F. The van der Waals surface area contributed by atoms with Crippen molar-refractivity contribution in [3.05, 3.63) is 108 Å². The molecule has 1 atom stereocenters. The first kappa shape index (κ1) is 44.5. The number of amides is 1. The summed E-state index contributed by atoms with van der Waals surface area (Å²) in [6.45, 7) is 7.31. The van der Waals surface area contributed by atoms with Crippen LogP contribution in [0.25, 0.3) is 11.3 Å². The lowest BCUT2D eigenvalue weighted by molar-refractivity contribution is -0.141. The van der Waals surface area contributed by atoms with Crippen LogP contribution in [0.5, 0.6) is 5.75 Å². The smallest absolute Gasteiger partial charge is 0.433 e. The second-order valence-electron chi connectivity index (χ2n) is 13.3. The molecule has 308 valence electrons. The molecule has 0 aliphatic heterocycles. The molecule has 1 unspecified atom stereocenters. The lowest BCUT2D eigenvalue weighted by atomic mass is 9.90. The van der Waals surface area contributed by atoms with Gasteiger partial charge in [-0.2, -0.15) is 30.7 Å². The third-order valence-corrected chi connectivity index (χ3v) is 9.69. The second kappa shape index (κ2) is 18.8. The van der Waals surface area contributed by atoms with E-state index in [-0.39, 0.29) is 62.0 Å². The Kier molecular flexibility index (Phi) is 14.7. The molecule has 1 aromatic heterocycles. The number of aromatic nitrogens is 2. The highest BCUT2D eigenvalue weighted by Gasteiger charge is 2.45. The monoisotopic (exact) mass is 810 g/mol. The standard InChI is InChI=1S/C39H42F8N6O4/c1-5-9-26(14-18-54)48-17-19-57-31-13-10-24(33(40)34(31)41)22-52(3)53(4)37(15-7-8-16-37)35(55)27(6-2)36(56)51-29-12-11-25(38(42,43)44)20-28(29)30-21-32(39(45,46)47)50-23-49-30/h5-6,10-13,18,20-21,23,26,48,55H,1-2,7-9,14-17,19,22H2,3-4H3,(H,51,56)/b35-27-. The van der Waals surface area contributed by atoms with Crippen molar-refractivity contribution in [2.24, 2.45) is 0 Å². The molecule has 0 saturated heterocycles. The van der Waals surface area contributed by atoms with Gasteiger partial charge in [0.2, 0.25) is 5.82 Å². The van der Waals surface area contributed by atoms with Crippen LogP contribution >= 0.6 is 0 Å². The molecular formula is C39H42F8N6O4. The summed E-state index contributed by atoms with van der Waals surface area (Å²) in [5, 5.41) is 20.3. The van der Waals surface area contributed by atoms with Gasteiger partial charge in [0.1, 0.15) is 30.7 Å². The zero-order chi connectivity index (χ0) is 42.1. The molecule has 0 spiro atoms. The normalized spacial score (nSPS) is 15.3. The third kappa shape index (κ3) is 10.6. The highest BCUT2D eigenvalue weighted by Crippen LogP contribution is 2.43. The second-order valence-corrected chi connectivity index (χ2v) is 13.3. The molecule has 1 aliphatic rings. The van der Waals surface area contributed by atoms with Crippen LogP contribution < -0.4 is 15.4 Å². The van der Waals surface area contributed by atoms with E-state index in [2.05, 4.69) is 33.8 Å². The molecule has 3 aromatic rings. The number of aliphatic hydroxyl groups is 1. The summed E-state index contributed by atoms with van der Waals surface area (Å²) in [6, 6.07) is 4.90. The average Bonchev–Trinajstić information content (AvgIpc) is 3.67. The number of halogens is 8. The molecular weight excluding hydrogens is 768 g/mol. The molecule has 0 bridgehead atoms. The van der Waals surface area contributed by atoms with Gasteiger partial charge in [0.25, 0.3) is 5.91 Å². The zero-order valence-electron chi connectivity index (χ0n) is 31.1. The number of alkyl halides is 6. The zero-order valence-corrected chi connectivity index (χ0v) is 31.1. The molecule has 1 fully saturated rings. The van der Waals surface area contributed by atoms with Crippen molar-refractivity contribution in [1.82, 2.24) is 25.3 Å². The number of anilines is 1. The molecule has 2 aromatic carbocycles. The minimum atomic E-state index is -4.95. The maximum absolute atomic E-state index is 15.4. The number of hydrogen-bond acceptors (Lipinski definition) is 9. The number of likely N-dealkylation sites (N-methyl/N-ethyl adjacent to an activating group) is 1. The predicted octanol–water partition coefficient (Wildman–Crippen LogP) is 8.19. The molecule has 1 amide bonds. The summed E-state index contributed by atoms with van der Waals surface area (Å²) in [7, 11) is 3.13. The molecule has 1 aliphatic carbocycles. The van der Waals surface area contributed by atoms with Crippen molar-refractivity contribution in [3.8, 4) is 17.0 Å². The summed E-state index contributed by atoms with van der Waals surface area (Å²) >= 11 is 0. The summed E-state index contributed by atoms with van der Waals surface area (Å²) < 4.78 is 117. The topological polar surface area (TPSA) is 120 Å². The van der Waals surface area contributed by atoms with Crippen LogP contribution in [0.2, 0.25) is 0 Å². The number of rotatable bonds is 18. The van der Waals surface area contributed by atoms with Gasteiger partial charge in [0.15, 0.2) is 11.6 Å². The fourth-order valence-electron chi connectivity index (χ4n) is 6.60. The van der Waals surface area contributed by atoms with Crippen LogP contribution in [0.15, 0.2) is 79.4 Å². The van der Waals surface area contributed by atoms with Crippen LogP contribution in [0.1, 0.15) is 55.3 Å². The van der Waals surface area contributed by atoms with Crippen LogP contribution in [0, 0.1) is 11.6 Å². The van der Waals surface area contributed by atoms with Crippen LogP contribution in [-0.2, 0) is 28.5 Å². The third-order valence-electron chi connectivity index (χ3n) is 9.69. The van der Waals surface area contributed by atoms with Crippen LogP contribution in [0.4, 0.5) is 40.8 Å². The lowest BCUT2D eigenvalue weighted by Gasteiger charge is -2.43. The van der Waals surface area contributed by atoms with Crippen molar-refractivity contribution in [1.29, 1.82) is 0 Å². The van der Waals surface area contributed by atoms with Crippen molar-refractivity contribution < 1.29 is 54.6 Å². The van der Waals surface area contributed by atoms with E-state index in [9.17, 15) is 41.0 Å². The van der Waals surface area contributed by atoms with E-state index in [1.807, 2.05) is 0 Å². The molecule has 0 radical (unpaired) electrons. The summed E-state index contributed by atoms with van der Waals surface area (Å²) in [5.41, 5.74) is -5.81. The Morgan fingerprint density at radius 2 is 1.70 bits per heavy atom. The number of nitrogens with zero attached hydrogens (tertiary/aromatic N) is 4. The summed E-state index contributed by atoms with van der Waals surface area (Å²) in [5.74, 6) is -4.24. The van der Waals surface area contributed by atoms with Crippen LogP contribution in [-0.4, -0.2) is 76.1 Å². The molecule has 1 heterocycles. The molecule has 57 heavy (non-hydrogen) atoms. The van der Waals surface area contributed by atoms with Gasteiger partial charge in [-0.1, -0.05) is 37.6 Å². The quantitative estimate of drug-likeness (QED) is 0.0171. The van der Waals surface area contributed by atoms with E-state index in [1.165, 1.54) is 17.1 Å². The number of hydrogen-bond donors (Lipinski definition) is 3. The number of carbonyl (C=O) groups is 2. The first-order chi connectivity index (χ1) is 26.9. The first-order valence-electron chi connectivity index (χ1n) is 17.7. The lowest BCUT2D eigenvalue weighted by Crippen LogP contribution is -2.54. The minimum absolute atomic E-state index is 0.0159. The Labute approximate surface area is 323 Å². The maximum atomic E-state index is 15.4. The Bertz CT molecular complexity index is 1950. The van der Waals surface area contributed by atoms with E-state index in [1.54, 1.807) is 25.2 Å². The van der Waals surface area contributed by atoms with Crippen molar-refractivity contribution in [3.63, 3.8) is 0 Å². The van der Waals surface area contributed by atoms with Gasteiger partial charge >= 0.3 is 12.4 Å². The molecule has 3 N–H and O–H groups in total. The minimum Gasteiger partial charge on any atom is -0.509 e. The fourth-order valence-corrected chi connectivity index (χ4v) is 6.60. The van der Waals surface area contributed by atoms with Crippen LogP contribution in [0.3, 0.4) is 0 Å². The van der Waals surface area contributed by atoms with Gasteiger partial charge < -0.3 is 25.3 Å². The number of benzene rings is 2. The van der Waals surface area contributed by atoms with Crippen molar-refractivity contribution >= 4 is 17.9 Å². The van der Waals surface area contributed by atoms with E-state index in [4.69, 9.17) is 4.74 Å². The van der Waals surface area contributed by atoms with Gasteiger partial charge in [0.05, 0.1) is 28.1 Å².